The predicted molar refractivity (Wildman–Crippen MR) is 120 cm³/mol. The van der Waals surface area contributed by atoms with Gasteiger partial charge in [-0.15, -0.1) is 46.7 Å². The van der Waals surface area contributed by atoms with Crippen LogP contribution in [0.2, 0.25) is 0 Å². The molecule has 0 unspecified atom stereocenters. The number of thiazole rings is 2. The molecular weight excluding hydrogens is 465 g/mol. The maximum atomic E-state index is 4.72. The van der Waals surface area contributed by atoms with Crippen LogP contribution in [0.25, 0.3) is 0 Å². The monoisotopic (exact) mass is 493 g/mol. The molecule has 0 aliphatic rings. The molecule has 8 heteroatoms. The maximum absolute atomic E-state index is 4.72. The summed E-state index contributed by atoms with van der Waals surface area (Å²) in [5, 5.41) is 11.1. The highest BCUT2D eigenvalue weighted by molar-refractivity contribution is 14.0. The summed E-state index contributed by atoms with van der Waals surface area (Å²) < 4.78 is 0. The SMILES string of the molecule is CN=C(NCCc1nc(C(C)(C)C)cs1)NCc1nc(C)c(C)s1.I. The number of hydrogen-bond donors (Lipinski definition) is 2. The normalized spacial score (nSPS) is 12.0. The molecule has 0 aromatic carbocycles. The van der Waals surface area contributed by atoms with Crippen molar-refractivity contribution < 1.29 is 0 Å². The Hall–Kier alpha value is -0.740. The summed E-state index contributed by atoms with van der Waals surface area (Å²) >= 11 is 3.46. The number of aliphatic imine (C=N–C) groups is 1. The van der Waals surface area contributed by atoms with E-state index < -0.39 is 0 Å². The summed E-state index contributed by atoms with van der Waals surface area (Å²) in [5.74, 6) is 0.799. The number of nitrogens with zero attached hydrogens (tertiary/aromatic N) is 3. The smallest absolute Gasteiger partial charge is 0.191 e. The van der Waals surface area contributed by atoms with Crippen molar-refractivity contribution in [1.82, 2.24) is 20.6 Å². The van der Waals surface area contributed by atoms with Crippen molar-refractivity contribution in [3.05, 3.63) is 31.7 Å². The van der Waals surface area contributed by atoms with Crippen molar-refractivity contribution in [2.75, 3.05) is 13.6 Å². The zero-order chi connectivity index (χ0) is 17.7. The average Bonchev–Trinajstić information content (AvgIpc) is 3.10. The van der Waals surface area contributed by atoms with Crippen LogP contribution in [0, 0.1) is 13.8 Å². The maximum Gasteiger partial charge on any atom is 0.191 e. The van der Waals surface area contributed by atoms with E-state index in [0.29, 0.717) is 6.54 Å². The van der Waals surface area contributed by atoms with Crippen LogP contribution >= 0.6 is 46.7 Å². The molecule has 0 radical (unpaired) electrons. The van der Waals surface area contributed by atoms with Gasteiger partial charge in [0.2, 0.25) is 0 Å². The molecule has 5 nitrogen and oxygen atoms in total. The van der Waals surface area contributed by atoms with Crippen molar-refractivity contribution in [2.24, 2.45) is 4.99 Å². The van der Waals surface area contributed by atoms with Crippen LogP contribution in [0.4, 0.5) is 0 Å². The third-order valence-electron chi connectivity index (χ3n) is 3.65. The minimum absolute atomic E-state index is 0. The van der Waals surface area contributed by atoms with Gasteiger partial charge in [0.05, 0.1) is 22.9 Å². The molecule has 0 spiro atoms. The van der Waals surface area contributed by atoms with Gasteiger partial charge in [-0.05, 0) is 13.8 Å². The highest BCUT2D eigenvalue weighted by Crippen LogP contribution is 2.23. The molecular formula is C17H28IN5S2. The number of rotatable bonds is 5. The molecule has 0 atom stereocenters. The first-order valence-electron chi connectivity index (χ1n) is 8.12. The number of aromatic nitrogens is 2. The third kappa shape index (κ3) is 6.82. The second kappa shape index (κ2) is 9.82. The van der Waals surface area contributed by atoms with Crippen molar-refractivity contribution in [3.63, 3.8) is 0 Å². The molecule has 25 heavy (non-hydrogen) atoms. The van der Waals surface area contributed by atoms with Crippen LogP contribution in [0.3, 0.4) is 0 Å². The van der Waals surface area contributed by atoms with Crippen molar-refractivity contribution in [1.29, 1.82) is 0 Å². The molecule has 0 fully saturated rings. The molecule has 0 saturated heterocycles. The second-order valence-electron chi connectivity index (χ2n) is 6.73. The second-order valence-corrected chi connectivity index (χ2v) is 8.96. The van der Waals surface area contributed by atoms with Gasteiger partial charge in [0.1, 0.15) is 5.01 Å². The summed E-state index contributed by atoms with van der Waals surface area (Å²) in [6, 6.07) is 0. The molecule has 140 valence electrons. The quantitative estimate of drug-likeness (QED) is 0.375. The van der Waals surface area contributed by atoms with Crippen LogP contribution in [0.1, 0.15) is 47.1 Å². The Labute approximate surface area is 175 Å². The molecule has 0 aliphatic heterocycles. The Morgan fingerprint density at radius 3 is 2.40 bits per heavy atom. The Morgan fingerprint density at radius 1 is 1.16 bits per heavy atom. The van der Waals surface area contributed by atoms with Gasteiger partial charge in [0.15, 0.2) is 5.96 Å². The molecule has 2 aromatic heterocycles. The molecule has 2 rings (SSSR count). The minimum atomic E-state index is 0. The Balaban J connectivity index is 0.00000312. The number of aryl methyl sites for hydroxylation is 2. The van der Waals surface area contributed by atoms with Gasteiger partial charge >= 0.3 is 0 Å². The van der Waals surface area contributed by atoms with Crippen molar-refractivity contribution in [3.8, 4) is 0 Å². The first kappa shape index (κ1) is 22.3. The zero-order valence-corrected chi connectivity index (χ0v) is 19.7. The lowest BCUT2D eigenvalue weighted by molar-refractivity contribution is 0.570. The Kier molecular flexibility index (Phi) is 8.76. The molecule has 0 bridgehead atoms. The molecule has 0 amide bonds. The standard InChI is InChI=1S/C17H27N5S2.HI/c1-11-12(2)24-15(21-11)9-20-16(18-6)19-8-7-14-22-13(10-23-14)17(3,4)5;/h10H,7-9H2,1-6H3,(H2,18,19,20);1H. The average molecular weight is 493 g/mol. The first-order valence-corrected chi connectivity index (χ1v) is 9.81. The van der Waals surface area contributed by atoms with Crippen LogP contribution in [0.15, 0.2) is 10.4 Å². The van der Waals surface area contributed by atoms with E-state index in [1.165, 1.54) is 10.6 Å². The number of guanidine groups is 1. The van der Waals surface area contributed by atoms with Gasteiger partial charge in [-0.25, -0.2) is 9.97 Å². The lowest BCUT2D eigenvalue weighted by atomic mass is 9.93. The summed E-state index contributed by atoms with van der Waals surface area (Å²) in [4.78, 5) is 14.8. The Bertz CT molecular complexity index is 681. The van der Waals surface area contributed by atoms with Gasteiger partial charge in [-0.2, -0.15) is 0 Å². The van der Waals surface area contributed by atoms with E-state index in [4.69, 9.17) is 4.98 Å². The van der Waals surface area contributed by atoms with Gasteiger partial charge in [-0.1, -0.05) is 20.8 Å². The van der Waals surface area contributed by atoms with E-state index in [9.17, 15) is 0 Å². The molecule has 0 saturated carbocycles. The molecule has 0 aliphatic carbocycles. The largest absolute Gasteiger partial charge is 0.356 e. The number of halogens is 1. The minimum Gasteiger partial charge on any atom is -0.356 e. The van der Waals surface area contributed by atoms with Crippen LogP contribution in [-0.4, -0.2) is 29.5 Å². The van der Waals surface area contributed by atoms with E-state index in [-0.39, 0.29) is 29.4 Å². The number of hydrogen-bond acceptors (Lipinski definition) is 5. The van der Waals surface area contributed by atoms with E-state index in [1.54, 1.807) is 29.7 Å². The topological polar surface area (TPSA) is 62.2 Å². The highest BCUT2D eigenvalue weighted by Gasteiger charge is 2.17. The van der Waals surface area contributed by atoms with Crippen molar-refractivity contribution >= 4 is 52.6 Å². The molecule has 2 heterocycles. The molecule has 2 N–H and O–H groups in total. The fourth-order valence-electron chi connectivity index (χ4n) is 2.05. The van der Waals surface area contributed by atoms with E-state index in [0.717, 1.165) is 34.6 Å². The van der Waals surface area contributed by atoms with Gasteiger partial charge in [0, 0.05) is 35.7 Å². The third-order valence-corrected chi connectivity index (χ3v) is 5.64. The van der Waals surface area contributed by atoms with E-state index in [2.05, 4.69) is 53.7 Å². The van der Waals surface area contributed by atoms with Gasteiger partial charge in [-0.3, -0.25) is 4.99 Å². The predicted octanol–water partition coefficient (Wildman–Crippen LogP) is 4.04. The number of nitrogens with one attached hydrogen (secondary N) is 2. The lowest BCUT2D eigenvalue weighted by Crippen LogP contribution is -2.37. The summed E-state index contributed by atoms with van der Waals surface area (Å²) in [5.41, 5.74) is 2.39. The summed E-state index contributed by atoms with van der Waals surface area (Å²) in [6.07, 6.45) is 0.900. The summed E-state index contributed by atoms with van der Waals surface area (Å²) in [7, 11) is 1.79. The fourth-order valence-corrected chi connectivity index (χ4v) is 3.95. The van der Waals surface area contributed by atoms with E-state index in [1.807, 2.05) is 6.92 Å². The van der Waals surface area contributed by atoms with Gasteiger partial charge < -0.3 is 10.6 Å². The van der Waals surface area contributed by atoms with Gasteiger partial charge in [0.25, 0.3) is 0 Å². The van der Waals surface area contributed by atoms with E-state index >= 15 is 0 Å². The highest BCUT2D eigenvalue weighted by atomic mass is 127. The fraction of sp³-hybridized carbons (Fsp3) is 0.588. The first-order chi connectivity index (χ1) is 11.3. The zero-order valence-electron chi connectivity index (χ0n) is 15.8. The molecule has 2 aromatic rings. The van der Waals surface area contributed by atoms with Crippen molar-refractivity contribution in [2.45, 2.75) is 53.0 Å². The van der Waals surface area contributed by atoms with Crippen LogP contribution < -0.4 is 10.6 Å². The Morgan fingerprint density at radius 2 is 1.88 bits per heavy atom. The lowest BCUT2D eigenvalue weighted by Gasteiger charge is -2.14. The summed E-state index contributed by atoms with van der Waals surface area (Å²) in [6.45, 7) is 12.2. The van der Waals surface area contributed by atoms with Crippen LogP contribution in [-0.2, 0) is 18.4 Å². The van der Waals surface area contributed by atoms with Crippen LogP contribution in [0.5, 0.6) is 0 Å².